The van der Waals surface area contributed by atoms with Gasteiger partial charge in [0.05, 0.1) is 5.52 Å². The van der Waals surface area contributed by atoms with Gasteiger partial charge in [0.15, 0.2) is 0 Å². The molecule has 2 heterocycles. The van der Waals surface area contributed by atoms with Gasteiger partial charge in [0.1, 0.15) is 12.1 Å². The molecule has 0 atom stereocenters. The molecule has 0 aliphatic carbocycles. The molecule has 0 N–H and O–H groups in total. The first-order valence-corrected chi connectivity index (χ1v) is 9.47. The number of piperidine rings is 1. The molecule has 4 heteroatoms. The lowest BCUT2D eigenvalue weighted by Gasteiger charge is -2.41. The SMILES string of the molecule is CCC1(CC)CCN(c2ncnc3ccc(SC)cc23)CC1. The van der Waals surface area contributed by atoms with E-state index in [0.717, 1.165) is 24.4 Å². The van der Waals surface area contributed by atoms with Crippen LogP contribution in [0.2, 0.25) is 0 Å². The van der Waals surface area contributed by atoms with Crippen molar-refractivity contribution in [1.82, 2.24) is 9.97 Å². The number of thioether (sulfide) groups is 1. The van der Waals surface area contributed by atoms with Gasteiger partial charge in [-0.05, 0) is 42.7 Å². The van der Waals surface area contributed by atoms with Crippen LogP contribution in [0.4, 0.5) is 5.82 Å². The molecular formula is C18H25N3S. The predicted molar refractivity (Wildman–Crippen MR) is 95.8 cm³/mol. The Kier molecular flexibility index (Phi) is 4.57. The van der Waals surface area contributed by atoms with Crippen LogP contribution in [-0.4, -0.2) is 29.3 Å². The van der Waals surface area contributed by atoms with E-state index in [1.54, 1.807) is 18.1 Å². The number of hydrogen-bond donors (Lipinski definition) is 0. The van der Waals surface area contributed by atoms with Crippen molar-refractivity contribution in [3.05, 3.63) is 24.5 Å². The van der Waals surface area contributed by atoms with Crippen molar-refractivity contribution in [3.8, 4) is 0 Å². The van der Waals surface area contributed by atoms with Crippen LogP contribution in [0, 0.1) is 5.41 Å². The van der Waals surface area contributed by atoms with Crippen LogP contribution >= 0.6 is 11.8 Å². The summed E-state index contributed by atoms with van der Waals surface area (Å²) < 4.78 is 0. The molecule has 3 nitrogen and oxygen atoms in total. The largest absolute Gasteiger partial charge is 0.356 e. The highest BCUT2D eigenvalue weighted by molar-refractivity contribution is 7.98. The average Bonchev–Trinajstić information content (AvgIpc) is 2.61. The normalized spacial score (nSPS) is 17.9. The third-order valence-corrected chi connectivity index (χ3v) is 6.17. The summed E-state index contributed by atoms with van der Waals surface area (Å²) in [5, 5.41) is 1.19. The van der Waals surface area contributed by atoms with Crippen molar-refractivity contribution >= 4 is 28.5 Å². The zero-order chi connectivity index (χ0) is 15.6. The number of nitrogens with zero attached hydrogens (tertiary/aromatic N) is 3. The predicted octanol–water partition coefficient (Wildman–Crippen LogP) is 4.76. The number of aromatic nitrogens is 2. The van der Waals surface area contributed by atoms with Crippen LogP contribution in [0.3, 0.4) is 0 Å². The van der Waals surface area contributed by atoms with Gasteiger partial charge in [-0.1, -0.05) is 26.7 Å². The van der Waals surface area contributed by atoms with Crippen molar-refractivity contribution in [2.75, 3.05) is 24.2 Å². The summed E-state index contributed by atoms with van der Waals surface area (Å²) in [4.78, 5) is 12.8. The van der Waals surface area contributed by atoms with E-state index < -0.39 is 0 Å². The molecule has 1 fully saturated rings. The second kappa shape index (κ2) is 6.45. The summed E-state index contributed by atoms with van der Waals surface area (Å²) in [5.74, 6) is 1.11. The Labute approximate surface area is 137 Å². The zero-order valence-electron chi connectivity index (χ0n) is 13.8. The lowest BCUT2D eigenvalue weighted by atomic mass is 9.74. The van der Waals surface area contributed by atoms with E-state index in [9.17, 15) is 0 Å². The highest BCUT2D eigenvalue weighted by atomic mass is 32.2. The van der Waals surface area contributed by atoms with E-state index in [1.807, 2.05) is 0 Å². The molecule has 0 saturated carbocycles. The Bertz CT molecular complexity index is 642. The highest BCUT2D eigenvalue weighted by Crippen LogP contribution is 2.39. The topological polar surface area (TPSA) is 29.0 Å². The van der Waals surface area contributed by atoms with Crippen molar-refractivity contribution in [1.29, 1.82) is 0 Å². The van der Waals surface area contributed by atoms with Gasteiger partial charge >= 0.3 is 0 Å². The molecule has 1 aliphatic rings. The second-order valence-corrected chi connectivity index (χ2v) is 7.15. The quantitative estimate of drug-likeness (QED) is 0.761. The van der Waals surface area contributed by atoms with E-state index in [2.05, 4.69) is 53.2 Å². The Morgan fingerprint density at radius 3 is 2.50 bits per heavy atom. The Hall–Kier alpha value is -1.29. The summed E-state index contributed by atoms with van der Waals surface area (Å²) in [7, 11) is 0. The first-order valence-electron chi connectivity index (χ1n) is 8.25. The molecule has 22 heavy (non-hydrogen) atoms. The van der Waals surface area contributed by atoms with E-state index in [0.29, 0.717) is 5.41 Å². The molecule has 0 spiro atoms. The van der Waals surface area contributed by atoms with Gasteiger partial charge in [0.2, 0.25) is 0 Å². The standard InChI is InChI=1S/C18H25N3S/c1-4-18(5-2)8-10-21(11-9-18)17-15-12-14(22-3)6-7-16(15)19-13-20-17/h6-7,12-13H,4-5,8-11H2,1-3H3. The van der Waals surface area contributed by atoms with Gasteiger partial charge in [-0.2, -0.15) is 0 Å². The Morgan fingerprint density at radius 1 is 1.14 bits per heavy atom. The summed E-state index contributed by atoms with van der Waals surface area (Å²) >= 11 is 1.77. The van der Waals surface area contributed by atoms with Gasteiger partial charge in [-0.15, -0.1) is 11.8 Å². The van der Waals surface area contributed by atoms with Crippen LogP contribution in [0.25, 0.3) is 10.9 Å². The molecule has 0 amide bonds. The van der Waals surface area contributed by atoms with E-state index in [4.69, 9.17) is 0 Å². The molecule has 118 valence electrons. The zero-order valence-corrected chi connectivity index (χ0v) is 14.6. The van der Waals surface area contributed by atoms with Gasteiger partial charge < -0.3 is 4.90 Å². The van der Waals surface area contributed by atoms with Crippen LogP contribution in [0.5, 0.6) is 0 Å². The molecule has 0 unspecified atom stereocenters. The van der Waals surface area contributed by atoms with Crippen molar-refractivity contribution in [2.24, 2.45) is 5.41 Å². The maximum Gasteiger partial charge on any atom is 0.139 e. The molecule has 1 aliphatic heterocycles. The highest BCUT2D eigenvalue weighted by Gasteiger charge is 2.32. The molecule has 1 aromatic heterocycles. The maximum atomic E-state index is 4.61. The molecular weight excluding hydrogens is 290 g/mol. The molecule has 1 aromatic carbocycles. The fraction of sp³-hybridized carbons (Fsp3) is 0.556. The van der Waals surface area contributed by atoms with Crippen LogP contribution < -0.4 is 4.90 Å². The fourth-order valence-electron chi connectivity index (χ4n) is 3.55. The number of hydrogen-bond acceptors (Lipinski definition) is 4. The monoisotopic (exact) mass is 315 g/mol. The lowest BCUT2D eigenvalue weighted by molar-refractivity contribution is 0.199. The number of benzene rings is 1. The van der Waals surface area contributed by atoms with Gasteiger partial charge in [-0.25, -0.2) is 9.97 Å². The van der Waals surface area contributed by atoms with Crippen molar-refractivity contribution in [3.63, 3.8) is 0 Å². The lowest BCUT2D eigenvalue weighted by Crippen LogP contribution is -2.40. The number of rotatable bonds is 4. The van der Waals surface area contributed by atoms with E-state index in [1.165, 1.54) is 36.0 Å². The smallest absolute Gasteiger partial charge is 0.139 e. The molecule has 0 radical (unpaired) electrons. The van der Waals surface area contributed by atoms with Gasteiger partial charge in [0.25, 0.3) is 0 Å². The average molecular weight is 315 g/mol. The molecule has 2 aromatic rings. The van der Waals surface area contributed by atoms with Gasteiger partial charge in [-0.3, -0.25) is 0 Å². The number of anilines is 1. The third kappa shape index (κ3) is 2.81. The summed E-state index contributed by atoms with van der Waals surface area (Å²) in [6.07, 6.45) is 8.94. The molecule has 0 bridgehead atoms. The summed E-state index contributed by atoms with van der Waals surface area (Å²) in [6.45, 7) is 6.89. The summed E-state index contributed by atoms with van der Waals surface area (Å²) in [5.41, 5.74) is 1.59. The van der Waals surface area contributed by atoms with Crippen molar-refractivity contribution < 1.29 is 0 Å². The third-order valence-electron chi connectivity index (χ3n) is 5.45. The first-order chi connectivity index (χ1) is 10.7. The van der Waals surface area contributed by atoms with Crippen LogP contribution in [0.15, 0.2) is 29.4 Å². The van der Waals surface area contributed by atoms with Crippen LogP contribution in [0.1, 0.15) is 39.5 Å². The minimum atomic E-state index is 0.545. The van der Waals surface area contributed by atoms with E-state index in [-0.39, 0.29) is 0 Å². The minimum Gasteiger partial charge on any atom is -0.356 e. The van der Waals surface area contributed by atoms with E-state index >= 15 is 0 Å². The summed E-state index contributed by atoms with van der Waals surface area (Å²) in [6, 6.07) is 6.48. The Morgan fingerprint density at radius 2 is 1.86 bits per heavy atom. The maximum absolute atomic E-state index is 4.61. The fourth-order valence-corrected chi connectivity index (χ4v) is 3.99. The molecule has 3 rings (SSSR count). The Balaban J connectivity index is 1.91. The molecule has 1 saturated heterocycles. The van der Waals surface area contributed by atoms with Crippen LogP contribution in [-0.2, 0) is 0 Å². The van der Waals surface area contributed by atoms with Gasteiger partial charge in [0, 0.05) is 23.4 Å². The second-order valence-electron chi connectivity index (χ2n) is 6.27. The minimum absolute atomic E-state index is 0.545. The first kappa shape index (κ1) is 15.6. The van der Waals surface area contributed by atoms with Crippen molar-refractivity contribution in [2.45, 2.75) is 44.4 Å². The number of fused-ring (bicyclic) bond motifs is 1.